The predicted molar refractivity (Wildman–Crippen MR) is 100 cm³/mol. The molecule has 0 saturated heterocycles. The highest BCUT2D eigenvalue weighted by Gasteiger charge is 2.20. The van der Waals surface area contributed by atoms with Crippen LogP contribution in [0.15, 0.2) is 30.5 Å². The zero-order valence-electron chi connectivity index (χ0n) is 14.0. The van der Waals surface area contributed by atoms with Crippen molar-refractivity contribution in [2.75, 3.05) is 7.11 Å². The fourth-order valence-corrected chi connectivity index (χ4v) is 3.29. The molecule has 1 aliphatic rings. The molecule has 6 nitrogen and oxygen atoms in total. The third-order valence-electron chi connectivity index (χ3n) is 4.32. The van der Waals surface area contributed by atoms with Crippen LogP contribution in [-0.4, -0.2) is 23.1 Å². The second kappa shape index (κ2) is 7.48. The number of fused-ring (bicyclic) bond motifs is 1. The number of hydrogen-bond donors (Lipinski definition) is 3. The van der Waals surface area contributed by atoms with Crippen LogP contribution in [0.4, 0.5) is 0 Å². The van der Waals surface area contributed by atoms with Gasteiger partial charge in [-0.15, -0.1) is 0 Å². The number of hydrogen-bond acceptors (Lipinski definition) is 4. The minimum Gasteiger partial charge on any atom is -0.481 e. The summed E-state index contributed by atoms with van der Waals surface area (Å²) >= 11 is 4.72. The Bertz CT molecular complexity index is 823. The van der Waals surface area contributed by atoms with E-state index in [0.717, 1.165) is 36.0 Å². The number of nitrogens with zero attached hydrogens (tertiary/aromatic N) is 1. The Morgan fingerprint density at radius 1 is 1.32 bits per heavy atom. The van der Waals surface area contributed by atoms with Crippen molar-refractivity contribution >= 4 is 23.2 Å². The van der Waals surface area contributed by atoms with E-state index < -0.39 is 0 Å². The lowest BCUT2D eigenvalue weighted by Gasteiger charge is -2.16. The number of methoxy groups -OCH3 is 1. The Labute approximate surface area is 151 Å². The highest BCUT2D eigenvalue weighted by atomic mass is 32.1. The Hall–Kier alpha value is -2.67. The Morgan fingerprint density at radius 2 is 2.16 bits per heavy atom. The molecular formula is C18H20N4O2S. The number of aryl methyl sites for hydroxylation is 1. The maximum Gasteiger partial charge on any atom is 0.242 e. The van der Waals surface area contributed by atoms with Crippen LogP contribution in [0.1, 0.15) is 23.1 Å². The van der Waals surface area contributed by atoms with Gasteiger partial charge in [0.15, 0.2) is 5.11 Å². The van der Waals surface area contributed by atoms with Crippen molar-refractivity contribution in [2.45, 2.75) is 25.7 Å². The quantitative estimate of drug-likeness (QED) is 0.570. The molecule has 0 fully saturated rings. The fraction of sp³-hybridized carbons (Fsp3) is 0.278. The van der Waals surface area contributed by atoms with Gasteiger partial charge in [0.1, 0.15) is 0 Å². The first-order valence-electron chi connectivity index (χ1n) is 8.07. The first-order valence-corrected chi connectivity index (χ1v) is 8.47. The van der Waals surface area contributed by atoms with Crippen molar-refractivity contribution in [2.24, 2.45) is 5.73 Å². The molecule has 1 aromatic heterocycles. The number of nitrogens with one attached hydrogen (secondary N) is 2. The SMILES string of the molecule is COc1cc(-c2ccc3c(c2CC(=O)NNC(N)=S)CCC3)ccn1. The minimum atomic E-state index is -0.185. The van der Waals surface area contributed by atoms with Gasteiger partial charge in [-0.1, -0.05) is 12.1 Å². The van der Waals surface area contributed by atoms with Gasteiger partial charge in [0, 0.05) is 12.3 Å². The number of thiocarbonyl (C=S) groups is 1. The van der Waals surface area contributed by atoms with E-state index in [9.17, 15) is 4.79 Å². The molecule has 0 radical (unpaired) electrons. The van der Waals surface area contributed by atoms with Crippen LogP contribution in [0.25, 0.3) is 11.1 Å². The van der Waals surface area contributed by atoms with E-state index in [-0.39, 0.29) is 17.4 Å². The van der Waals surface area contributed by atoms with E-state index in [1.54, 1.807) is 13.3 Å². The monoisotopic (exact) mass is 356 g/mol. The summed E-state index contributed by atoms with van der Waals surface area (Å²) in [7, 11) is 1.59. The normalized spacial score (nSPS) is 12.4. The summed E-state index contributed by atoms with van der Waals surface area (Å²) in [5.74, 6) is 0.360. The third kappa shape index (κ3) is 3.88. The lowest BCUT2D eigenvalue weighted by molar-refractivity contribution is -0.121. The number of pyridine rings is 1. The van der Waals surface area contributed by atoms with Gasteiger partial charge in [-0.3, -0.25) is 15.6 Å². The molecule has 3 rings (SSSR count). The second-order valence-electron chi connectivity index (χ2n) is 5.88. The maximum atomic E-state index is 12.3. The lowest BCUT2D eigenvalue weighted by atomic mass is 9.91. The Kier molecular flexibility index (Phi) is 5.14. The van der Waals surface area contributed by atoms with Gasteiger partial charge < -0.3 is 10.5 Å². The first-order chi connectivity index (χ1) is 12.1. The molecule has 25 heavy (non-hydrogen) atoms. The van der Waals surface area contributed by atoms with Gasteiger partial charge in [0.05, 0.1) is 13.5 Å². The standard InChI is InChI=1S/C18H20N4O2S/c1-24-17-9-12(7-8-20-17)14-6-5-11-3-2-4-13(11)15(14)10-16(23)21-22-18(19)25/h5-9H,2-4,10H2,1H3,(H,21,23)(H3,19,22,25). The van der Waals surface area contributed by atoms with Crippen LogP contribution < -0.4 is 21.3 Å². The van der Waals surface area contributed by atoms with E-state index in [4.69, 9.17) is 22.7 Å². The summed E-state index contributed by atoms with van der Waals surface area (Å²) in [4.78, 5) is 16.5. The highest BCUT2D eigenvalue weighted by molar-refractivity contribution is 7.80. The molecule has 0 saturated carbocycles. The molecular weight excluding hydrogens is 336 g/mol. The molecule has 2 aromatic rings. The van der Waals surface area contributed by atoms with Crippen LogP contribution in [0.3, 0.4) is 0 Å². The number of amides is 1. The van der Waals surface area contributed by atoms with Crippen LogP contribution >= 0.6 is 12.2 Å². The molecule has 1 amide bonds. The van der Waals surface area contributed by atoms with Crippen molar-refractivity contribution in [1.29, 1.82) is 0 Å². The molecule has 4 N–H and O–H groups in total. The van der Waals surface area contributed by atoms with E-state index in [1.807, 2.05) is 12.1 Å². The van der Waals surface area contributed by atoms with Crippen molar-refractivity contribution in [3.63, 3.8) is 0 Å². The van der Waals surface area contributed by atoms with Gasteiger partial charge >= 0.3 is 0 Å². The minimum absolute atomic E-state index is 0.0331. The molecule has 130 valence electrons. The summed E-state index contributed by atoms with van der Waals surface area (Å²) in [6.45, 7) is 0. The molecule has 0 atom stereocenters. The van der Waals surface area contributed by atoms with Crippen LogP contribution in [0.2, 0.25) is 0 Å². The summed E-state index contributed by atoms with van der Waals surface area (Å²) in [6.07, 6.45) is 5.10. The molecule has 7 heteroatoms. The summed E-state index contributed by atoms with van der Waals surface area (Å²) in [5.41, 5.74) is 16.0. The van der Waals surface area contributed by atoms with Gasteiger partial charge in [0.25, 0.3) is 0 Å². The number of ether oxygens (including phenoxy) is 1. The molecule has 0 bridgehead atoms. The van der Waals surface area contributed by atoms with Gasteiger partial charge in [-0.05, 0) is 65.4 Å². The lowest BCUT2D eigenvalue weighted by Crippen LogP contribution is -2.45. The van der Waals surface area contributed by atoms with Crippen LogP contribution in [0.5, 0.6) is 5.88 Å². The van der Waals surface area contributed by atoms with E-state index in [0.29, 0.717) is 5.88 Å². The van der Waals surface area contributed by atoms with Crippen molar-refractivity contribution < 1.29 is 9.53 Å². The molecule has 0 unspecified atom stereocenters. The molecule has 0 spiro atoms. The zero-order chi connectivity index (χ0) is 17.8. The number of hydrazine groups is 1. The zero-order valence-corrected chi connectivity index (χ0v) is 14.8. The molecule has 1 heterocycles. The average molecular weight is 356 g/mol. The summed E-state index contributed by atoms with van der Waals surface area (Å²) < 4.78 is 5.23. The smallest absolute Gasteiger partial charge is 0.242 e. The molecule has 0 aliphatic heterocycles. The fourth-order valence-electron chi connectivity index (χ4n) is 3.24. The number of carbonyl (C=O) groups is 1. The summed E-state index contributed by atoms with van der Waals surface area (Å²) in [6, 6.07) is 8.03. The molecule has 1 aliphatic carbocycles. The average Bonchev–Trinajstić information content (AvgIpc) is 3.09. The van der Waals surface area contributed by atoms with Crippen molar-refractivity contribution in [3.05, 3.63) is 47.2 Å². The number of rotatable bonds is 4. The first kappa shape index (κ1) is 17.2. The van der Waals surface area contributed by atoms with Gasteiger partial charge in [-0.25, -0.2) is 4.98 Å². The van der Waals surface area contributed by atoms with Gasteiger partial charge in [0.2, 0.25) is 11.8 Å². The van der Waals surface area contributed by atoms with Crippen molar-refractivity contribution in [3.8, 4) is 17.0 Å². The number of nitrogens with two attached hydrogens (primary N) is 1. The summed E-state index contributed by atoms with van der Waals surface area (Å²) in [5, 5.41) is 0.0331. The number of benzene rings is 1. The maximum absolute atomic E-state index is 12.3. The van der Waals surface area contributed by atoms with Crippen LogP contribution in [-0.2, 0) is 24.1 Å². The number of aromatic nitrogens is 1. The van der Waals surface area contributed by atoms with E-state index in [2.05, 4.69) is 28.0 Å². The van der Waals surface area contributed by atoms with Crippen LogP contribution in [0, 0.1) is 0 Å². The van der Waals surface area contributed by atoms with E-state index in [1.165, 1.54) is 11.1 Å². The predicted octanol–water partition coefficient (Wildman–Crippen LogP) is 1.65. The topological polar surface area (TPSA) is 89.3 Å². The molecule has 1 aromatic carbocycles. The third-order valence-corrected chi connectivity index (χ3v) is 4.42. The van der Waals surface area contributed by atoms with E-state index >= 15 is 0 Å². The Balaban J connectivity index is 1.98. The highest BCUT2D eigenvalue weighted by Crippen LogP contribution is 2.34. The number of carbonyl (C=O) groups excluding carboxylic acids is 1. The largest absolute Gasteiger partial charge is 0.481 e. The Morgan fingerprint density at radius 3 is 2.92 bits per heavy atom. The van der Waals surface area contributed by atoms with Crippen molar-refractivity contribution in [1.82, 2.24) is 15.8 Å². The van der Waals surface area contributed by atoms with Gasteiger partial charge in [-0.2, -0.15) is 0 Å². The second-order valence-corrected chi connectivity index (χ2v) is 6.32.